The summed E-state index contributed by atoms with van der Waals surface area (Å²) in [4.78, 5) is 22.2. The first-order valence-corrected chi connectivity index (χ1v) is 8.75. The van der Waals surface area contributed by atoms with Gasteiger partial charge in [0, 0.05) is 18.6 Å². The minimum atomic E-state index is -10.7. The fourth-order valence-corrected chi connectivity index (χ4v) is 2.21. The van der Waals surface area contributed by atoms with Gasteiger partial charge in [0.15, 0.2) is 18.1 Å². The summed E-state index contributed by atoms with van der Waals surface area (Å²) in [6, 6.07) is 5.56. The molecule has 142 valence electrons. The number of pyridine rings is 1. The number of hydrogen-bond donors (Lipinski definition) is 2. The molecule has 1 heterocycles. The van der Waals surface area contributed by atoms with E-state index in [-0.39, 0.29) is 12.8 Å². The Hall–Kier alpha value is -2.16. The number of halogens is 6. The summed E-state index contributed by atoms with van der Waals surface area (Å²) in [5.74, 6) is -3.80. The SMILES string of the molecule is F[P-](F)(F)(F)(F)F.O=C(O)[C@H]1CC=C([n+]2ccccc2)C[C@@H]1C(=O)O. The minimum absolute atomic E-state index is 0.237. The molecule has 1 aromatic heterocycles. The Morgan fingerprint density at radius 1 is 0.920 bits per heavy atom. The van der Waals surface area contributed by atoms with E-state index in [2.05, 4.69) is 0 Å². The van der Waals surface area contributed by atoms with Crippen molar-refractivity contribution in [3.63, 3.8) is 0 Å². The van der Waals surface area contributed by atoms with Crippen LogP contribution in [-0.4, -0.2) is 22.2 Å². The van der Waals surface area contributed by atoms with Crippen molar-refractivity contribution in [1.29, 1.82) is 0 Å². The molecule has 0 saturated heterocycles. The number of carboxylic acid groups (broad SMARTS) is 2. The Kier molecular flexibility index (Phi) is 5.25. The standard InChI is InChI=1S/C13H13NO4.F6P/c15-12(16)10-5-4-9(8-11(10)13(17)18)14-6-2-1-3-7-14;1-7(2,3,4,5)6/h1-4,6-7,10-11H,5,8H2,(H-,15,16,17,18);/q;-1/p+1/t10-,11-;/m0./s1. The van der Waals surface area contributed by atoms with Crippen molar-refractivity contribution < 1.29 is 49.6 Å². The summed E-state index contributed by atoms with van der Waals surface area (Å²) < 4.78 is 61.0. The van der Waals surface area contributed by atoms with Gasteiger partial charge in [0.25, 0.3) is 0 Å². The number of aliphatic carboxylic acids is 2. The maximum Gasteiger partial charge on any atom is 0.307 e. The van der Waals surface area contributed by atoms with Crippen molar-refractivity contribution >= 4 is 25.4 Å². The van der Waals surface area contributed by atoms with Gasteiger partial charge in [-0.3, -0.25) is 9.59 Å². The van der Waals surface area contributed by atoms with E-state index in [4.69, 9.17) is 10.2 Å². The van der Waals surface area contributed by atoms with E-state index < -0.39 is 31.6 Å². The van der Waals surface area contributed by atoms with E-state index in [9.17, 15) is 34.8 Å². The smallest absolute Gasteiger partial charge is 0.307 e. The topological polar surface area (TPSA) is 78.5 Å². The summed E-state index contributed by atoms with van der Waals surface area (Å²) in [6.07, 6.45) is 5.94. The van der Waals surface area contributed by atoms with Gasteiger partial charge in [-0.25, -0.2) is 0 Å². The molecular weight excluding hydrogens is 379 g/mol. The predicted molar refractivity (Wildman–Crippen MR) is 76.0 cm³/mol. The van der Waals surface area contributed by atoms with Crippen molar-refractivity contribution in [3.05, 3.63) is 36.7 Å². The number of allylic oxidation sites excluding steroid dienone is 2. The zero-order chi connectivity index (χ0) is 19.5. The van der Waals surface area contributed by atoms with Crippen molar-refractivity contribution in [2.45, 2.75) is 12.8 Å². The van der Waals surface area contributed by atoms with Crippen LogP contribution in [0, 0.1) is 11.8 Å². The van der Waals surface area contributed by atoms with Crippen LogP contribution >= 0.6 is 7.81 Å². The first-order valence-electron chi connectivity index (χ1n) is 6.72. The maximum atomic E-state index is 11.1. The first-order chi connectivity index (χ1) is 11.0. The van der Waals surface area contributed by atoms with Gasteiger partial charge >= 0.3 is 44.9 Å². The van der Waals surface area contributed by atoms with Crippen molar-refractivity contribution in [2.24, 2.45) is 11.8 Å². The molecule has 0 unspecified atom stereocenters. The molecule has 0 aliphatic heterocycles. The van der Waals surface area contributed by atoms with Gasteiger partial charge in [0.05, 0.1) is 11.8 Å². The minimum Gasteiger partial charge on any atom is -0.481 e. The Balaban J connectivity index is 0.000000381. The predicted octanol–water partition coefficient (Wildman–Crippen LogP) is 4.39. The molecule has 0 saturated carbocycles. The number of hydrogen-bond acceptors (Lipinski definition) is 2. The third kappa shape index (κ3) is 9.04. The second kappa shape index (κ2) is 6.29. The second-order valence-electron chi connectivity index (χ2n) is 5.27. The molecule has 1 aliphatic carbocycles. The van der Waals surface area contributed by atoms with Crippen LogP contribution in [0.1, 0.15) is 12.8 Å². The molecule has 2 rings (SSSR count). The van der Waals surface area contributed by atoms with Crippen LogP contribution in [0.25, 0.3) is 5.70 Å². The third-order valence-electron chi connectivity index (χ3n) is 3.20. The zero-order valence-electron chi connectivity index (χ0n) is 12.4. The van der Waals surface area contributed by atoms with Crippen LogP contribution in [0.5, 0.6) is 0 Å². The Morgan fingerprint density at radius 3 is 1.76 bits per heavy atom. The second-order valence-corrected chi connectivity index (χ2v) is 7.18. The maximum absolute atomic E-state index is 11.1. The largest absolute Gasteiger partial charge is 0.481 e. The number of nitrogens with zero attached hydrogens (tertiary/aromatic N) is 1. The Labute approximate surface area is 137 Å². The van der Waals surface area contributed by atoms with Gasteiger partial charge in [0.1, 0.15) is 0 Å². The van der Waals surface area contributed by atoms with Gasteiger partial charge in [-0.2, -0.15) is 4.57 Å². The molecule has 2 atom stereocenters. The monoisotopic (exact) mass is 393 g/mol. The molecule has 0 aromatic carbocycles. The molecule has 0 fully saturated rings. The summed E-state index contributed by atoms with van der Waals surface area (Å²) in [5.41, 5.74) is 0.834. The van der Waals surface area contributed by atoms with Gasteiger partial charge in [-0.1, -0.05) is 6.07 Å². The van der Waals surface area contributed by atoms with Crippen LogP contribution in [-0.2, 0) is 9.59 Å². The Morgan fingerprint density at radius 2 is 1.36 bits per heavy atom. The Bertz CT molecular complexity index is 678. The fourth-order valence-electron chi connectivity index (χ4n) is 2.21. The number of carboxylic acids is 2. The molecule has 0 radical (unpaired) electrons. The van der Waals surface area contributed by atoms with E-state index in [1.165, 1.54) is 0 Å². The zero-order valence-corrected chi connectivity index (χ0v) is 13.3. The molecular formula is C13H14F6NO4P. The molecule has 1 aliphatic rings. The summed E-state index contributed by atoms with van der Waals surface area (Å²) in [7, 11) is -10.7. The number of aromatic nitrogens is 1. The molecule has 0 amide bonds. The molecule has 1 aromatic rings. The van der Waals surface area contributed by atoms with Gasteiger partial charge in [-0.15, -0.1) is 0 Å². The van der Waals surface area contributed by atoms with E-state index >= 15 is 0 Å². The summed E-state index contributed by atoms with van der Waals surface area (Å²) in [5, 5.41) is 18.1. The quantitative estimate of drug-likeness (QED) is 0.454. The van der Waals surface area contributed by atoms with Crippen molar-refractivity contribution in [3.8, 4) is 0 Å². The fraction of sp³-hybridized carbons (Fsp3) is 0.308. The molecule has 12 heteroatoms. The molecule has 0 spiro atoms. The normalized spacial score (nSPS) is 23.2. The number of rotatable bonds is 3. The van der Waals surface area contributed by atoms with E-state index in [1.807, 2.05) is 35.2 Å². The van der Waals surface area contributed by atoms with Gasteiger partial charge < -0.3 is 10.2 Å². The van der Waals surface area contributed by atoms with Crippen molar-refractivity contribution in [1.82, 2.24) is 0 Å². The van der Waals surface area contributed by atoms with Crippen LogP contribution < -0.4 is 4.57 Å². The van der Waals surface area contributed by atoms with Gasteiger partial charge in [-0.05, 0) is 12.5 Å². The molecule has 5 nitrogen and oxygen atoms in total. The van der Waals surface area contributed by atoms with E-state index in [1.54, 1.807) is 6.08 Å². The van der Waals surface area contributed by atoms with Crippen LogP contribution in [0.2, 0.25) is 0 Å². The van der Waals surface area contributed by atoms with E-state index in [0.29, 0.717) is 0 Å². The van der Waals surface area contributed by atoms with Crippen LogP contribution in [0.4, 0.5) is 25.2 Å². The first kappa shape index (κ1) is 20.9. The molecule has 25 heavy (non-hydrogen) atoms. The van der Waals surface area contributed by atoms with E-state index in [0.717, 1.165) is 5.70 Å². The average molecular weight is 393 g/mol. The molecule has 2 N–H and O–H groups in total. The average Bonchev–Trinajstić information content (AvgIpc) is 2.44. The molecule has 0 bridgehead atoms. The van der Waals surface area contributed by atoms with Crippen molar-refractivity contribution in [2.75, 3.05) is 0 Å². The summed E-state index contributed by atoms with van der Waals surface area (Å²) in [6.45, 7) is 0. The summed E-state index contributed by atoms with van der Waals surface area (Å²) >= 11 is 0. The number of carbonyl (C=O) groups is 2. The van der Waals surface area contributed by atoms with Crippen LogP contribution in [0.15, 0.2) is 36.7 Å². The van der Waals surface area contributed by atoms with Gasteiger partial charge in [0.2, 0.25) is 0 Å². The van der Waals surface area contributed by atoms with Crippen LogP contribution in [0.3, 0.4) is 0 Å². The third-order valence-corrected chi connectivity index (χ3v) is 3.20.